The van der Waals surface area contributed by atoms with Gasteiger partial charge in [-0.25, -0.2) is 9.18 Å². The Labute approximate surface area is 223 Å². The van der Waals surface area contributed by atoms with E-state index in [4.69, 9.17) is 0 Å². The van der Waals surface area contributed by atoms with Crippen LogP contribution in [-0.4, -0.2) is 81.6 Å². The summed E-state index contributed by atoms with van der Waals surface area (Å²) in [6, 6.07) is 7.52. The number of carbonyl (C=O) groups excluding carboxylic acids is 3. The van der Waals surface area contributed by atoms with Crippen LogP contribution in [0, 0.1) is 5.82 Å². The minimum Gasteiger partial charge on any atom is -0.505 e. The lowest BCUT2D eigenvalue weighted by atomic mass is 10.1. The van der Waals surface area contributed by atoms with E-state index in [2.05, 4.69) is 15.6 Å². The number of nitrogens with zero attached hydrogens (tertiary/aromatic N) is 4. The highest BCUT2D eigenvalue weighted by Crippen LogP contribution is 2.26. The molecule has 2 fully saturated rings. The van der Waals surface area contributed by atoms with Crippen LogP contribution >= 0.6 is 0 Å². The Morgan fingerprint density at radius 3 is 2.54 bits per heavy atom. The van der Waals surface area contributed by atoms with Crippen LogP contribution in [0.4, 0.5) is 9.18 Å². The van der Waals surface area contributed by atoms with Gasteiger partial charge in [0, 0.05) is 58.4 Å². The molecule has 0 spiro atoms. The molecule has 0 aliphatic carbocycles. The minimum atomic E-state index is -0.776. The van der Waals surface area contributed by atoms with Crippen LogP contribution in [0.2, 0.25) is 0 Å². The third kappa shape index (κ3) is 5.54. The van der Waals surface area contributed by atoms with E-state index in [0.29, 0.717) is 38.0 Å². The molecule has 39 heavy (non-hydrogen) atoms. The number of halogens is 1. The SMILES string of the molecule is O=C(NCCN1CCNC1=O)c1c(O)c2ncc(Cc3ccc(F)cc3)cc2n(CCN2CCCC2=O)c1=O. The topological polar surface area (TPSA) is 137 Å². The Hall–Kier alpha value is -4.48. The zero-order chi connectivity index (χ0) is 27.5. The van der Waals surface area contributed by atoms with E-state index in [1.165, 1.54) is 27.8 Å². The van der Waals surface area contributed by atoms with Crippen LogP contribution in [0.1, 0.15) is 34.3 Å². The Balaban J connectivity index is 1.46. The summed E-state index contributed by atoms with van der Waals surface area (Å²) in [5, 5.41) is 16.3. The second-order valence-electron chi connectivity index (χ2n) is 9.65. The second-order valence-corrected chi connectivity index (χ2v) is 9.65. The number of aromatic hydroxyl groups is 1. The molecule has 2 aliphatic rings. The van der Waals surface area contributed by atoms with Crippen molar-refractivity contribution < 1.29 is 23.9 Å². The molecule has 2 aliphatic heterocycles. The quantitative estimate of drug-likeness (QED) is 0.376. The molecule has 0 bridgehead atoms. The van der Waals surface area contributed by atoms with Crippen LogP contribution in [0.15, 0.2) is 41.3 Å². The van der Waals surface area contributed by atoms with Gasteiger partial charge in [-0.3, -0.25) is 19.4 Å². The maximum Gasteiger partial charge on any atom is 0.317 e. The lowest BCUT2D eigenvalue weighted by Crippen LogP contribution is -2.40. The lowest BCUT2D eigenvalue weighted by molar-refractivity contribution is -0.127. The largest absolute Gasteiger partial charge is 0.505 e. The van der Waals surface area contributed by atoms with Crippen molar-refractivity contribution in [2.75, 3.05) is 39.3 Å². The van der Waals surface area contributed by atoms with Crippen LogP contribution in [0.5, 0.6) is 5.75 Å². The van der Waals surface area contributed by atoms with Crippen LogP contribution in [0.3, 0.4) is 0 Å². The molecule has 0 atom stereocenters. The molecule has 0 unspecified atom stereocenters. The average Bonchev–Trinajstić information content (AvgIpc) is 3.52. The number of likely N-dealkylation sites (tertiary alicyclic amines) is 1. The van der Waals surface area contributed by atoms with Gasteiger partial charge in [0.25, 0.3) is 11.5 Å². The predicted molar refractivity (Wildman–Crippen MR) is 140 cm³/mol. The van der Waals surface area contributed by atoms with Crippen molar-refractivity contribution in [2.24, 2.45) is 0 Å². The predicted octanol–water partition coefficient (Wildman–Crippen LogP) is 1.21. The van der Waals surface area contributed by atoms with Gasteiger partial charge in [0.2, 0.25) is 5.91 Å². The average molecular weight is 537 g/mol. The summed E-state index contributed by atoms with van der Waals surface area (Å²) in [4.78, 5) is 58.2. The van der Waals surface area contributed by atoms with E-state index in [0.717, 1.165) is 17.5 Å². The first kappa shape index (κ1) is 26.1. The Kier molecular flexibility index (Phi) is 7.44. The van der Waals surface area contributed by atoms with Crippen molar-refractivity contribution in [1.82, 2.24) is 30.0 Å². The summed E-state index contributed by atoms with van der Waals surface area (Å²) >= 11 is 0. The van der Waals surface area contributed by atoms with Crippen LogP contribution in [-0.2, 0) is 17.8 Å². The van der Waals surface area contributed by atoms with E-state index in [-0.39, 0.29) is 49.5 Å². The number of urea groups is 1. The number of carbonyl (C=O) groups is 3. The first-order chi connectivity index (χ1) is 18.8. The van der Waals surface area contributed by atoms with E-state index in [1.807, 2.05) is 0 Å². The molecule has 5 rings (SSSR count). The molecule has 2 saturated heterocycles. The fourth-order valence-corrected chi connectivity index (χ4v) is 4.99. The van der Waals surface area contributed by atoms with Gasteiger partial charge in [0.15, 0.2) is 5.75 Å². The summed E-state index contributed by atoms with van der Waals surface area (Å²) < 4.78 is 14.7. The van der Waals surface area contributed by atoms with Gasteiger partial charge in [-0.05, 0) is 42.2 Å². The summed E-state index contributed by atoms with van der Waals surface area (Å²) in [5.74, 6) is -1.65. The first-order valence-electron chi connectivity index (χ1n) is 12.9. The van der Waals surface area contributed by atoms with Crippen molar-refractivity contribution in [3.05, 3.63) is 69.4 Å². The molecule has 4 heterocycles. The number of aromatic nitrogens is 2. The van der Waals surface area contributed by atoms with Crippen LogP contribution in [0.25, 0.3) is 11.0 Å². The molecular formula is C27H29FN6O5. The van der Waals surface area contributed by atoms with Gasteiger partial charge in [-0.15, -0.1) is 0 Å². The molecule has 0 saturated carbocycles. The number of rotatable bonds is 9. The molecule has 2 aromatic heterocycles. The Morgan fingerprint density at radius 1 is 1.05 bits per heavy atom. The highest BCUT2D eigenvalue weighted by atomic mass is 19.1. The maximum absolute atomic E-state index is 13.6. The molecule has 4 amide bonds. The number of amides is 4. The highest BCUT2D eigenvalue weighted by Gasteiger charge is 2.26. The Bertz CT molecular complexity index is 1490. The van der Waals surface area contributed by atoms with Crippen molar-refractivity contribution in [3.63, 3.8) is 0 Å². The van der Waals surface area contributed by atoms with Crippen molar-refractivity contribution >= 4 is 28.9 Å². The van der Waals surface area contributed by atoms with Crippen molar-refractivity contribution in [2.45, 2.75) is 25.8 Å². The zero-order valence-corrected chi connectivity index (χ0v) is 21.3. The van der Waals surface area contributed by atoms with E-state index < -0.39 is 22.8 Å². The van der Waals surface area contributed by atoms with Gasteiger partial charge < -0.3 is 30.1 Å². The summed E-state index contributed by atoms with van der Waals surface area (Å²) in [7, 11) is 0. The first-order valence-corrected chi connectivity index (χ1v) is 12.9. The number of fused-ring (bicyclic) bond motifs is 1. The summed E-state index contributed by atoms with van der Waals surface area (Å²) in [6.07, 6.45) is 3.15. The molecule has 12 heteroatoms. The maximum atomic E-state index is 13.6. The second kappa shape index (κ2) is 11.1. The van der Waals surface area contributed by atoms with Crippen molar-refractivity contribution in [1.29, 1.82) is 0 Å². The van der Waals surface area contributed by atoms with Gasteiger partial charge in [-0.1, -0.05) is 12.1 Å². The zero-order valence-electron chi connectivity index (χ0n) is 21.3. The Morgan fingerprint density at radius 2 is 1.85 bits per heavy atom. The van der Waals surface area contributed by atoms with E-state index in [1.54, 1.807) is 23.1 Å². The molecular weight excluding hydrogens is 507 g/mol. The smallest absolute Gasteiger partial charge is 0.317 e. The van der Waals surface area contributed by atoms with Crippen LogP contribution < -0.4 is 16.2 Å². The van der Waals surface area contributed by atoms with Gasteiger partial charge in [0.05, 0.1) is 5.52 Å². The van der Waals surface area contributed by atoms with Crippen molar-refractivity contribution in [3.8, 4) is 5.75 Å². The molecule has 3 N–H and O–H groups in total. The van der Waals surface area contributed by atoms with Gasteiger partial charge >= 0.3 is 6.03 Å². The number of nitrogens with one attached hydrogen (secondary N) is 2. The standard InChI is InChI=1S/C27H29FN6O5/c28-19-5-3-17(4-6-19)14-18-15-20-23(31-16-18)24(36)22(25(37)29-7-10-33-11-8-30-27(33)39)26(38)34(20)13-12-32-9-1-2-21(32)35/h3-6,15-16,36H,1-2,7-14H2,(H,29,37)(H,30,39). The number of hydrogen-bond donors (Lipinski definition) is 3. The summed E-state index contributed by atoms with van der Waals surface area (Å²) in [6.45, 7) is 2.36. The molecule has 11 nitrogen and oxygen atoms in total. The molecule has 1 aromatic carbocycles. The number of benzene rings is 1. The normalized spacial score (nSPS) is 15.3. The number of pyridine rings is 2. The summed E-state index contributed by atoms with van der Waals surface area (Å²) in [5.41, 5.74) is 0.813. The minimum absolute atomic E-state index is 0.00479. The third-order valence-electron chi connectivity index (χ3n) is 7.06. The van der Waals surface area contributed by atoms with E-state index in [9.17, 15) is 28.7 Å². The fraction of sp³-hybridized carbons (Fsp3) is 0.370. The van der Waals surface area contributed by atoms with Gasteiger partial charge in [-0.2, -0.15) is 0 Å². The number of hydrogen-bond acceptors (Lipinski definition) is 6. The van der Waals surface area contributed by atoms with E-state index >= 15 is 0 Å². The lowest BCUT2D eigenvalue weighted by Gasteiger charge is -2.19. The monoisotopic (exact) mass is 536 g/mol. The molecule has 204 valence electrons. The molecule has 0 radical (unpaired) electrons. The fourth-order valence-electron chi connectivity index (χ4n) is 4.99. The highest BCUT2D eigenvalue weighted by molar-refractivity contribution is 6.01. The van der Waals surface area contributed by atoms with Gasteiger partial charge in [0.1, 0.15) is 16.9 Å². The third-order valence-corrected chi connectivity index (χ3v) is 7.06. The molecule has 3 aromatic rings.